The Morgan fingerprint density at radius 1 is 0.298 bits per heavy atom. The van der Waals surface area contributed by atoms with Crippen molar-refractivity contribution in [3.8, 4) is 34.2 Å². The van der Waals surface area contributed by atoms with E-state index in [-0.39, 0.29) is 0 Å². The minimum Gasteiger partial charge on any atom is -0.454 e. The van der Waals surface area contributed by atoms with Crippen molar-refractivity contribution >= 4 is 136 Å². The molecule has 0 bridgehead atoms. The predicted octanol–water partition coefficient (Wildman–Crippen LogP) is 21.1. The number of rotatable bonds is 7. The molecule has 18 aromatic rings. The summed E-state index contributed by atoms with van der Waals surface area (Å²) in [6.07, 6.45) is 0. The highest BCUT2D eigenvalue weighted by atomic mass is 16.3. The first kappa shape index (κ1) is 46.4. The van der Waals surface area contributed by atoms with Gasteiger partial charge in [-0.05, 0) is 145 Å². The normalized spacial score (nSPS) is 12.0. The van der Waals surface area contributed by atoms with E-state index in [0.29, 0.717) is 5.95 Å². The van der Waals surface area contributed by atoms with Crippen LogP contribution in [0, 0.1) is 0 Å². The Balaban J connectivity index is 0.925. The first-order valence-corrected chi connectivity index (χ1v) is 28.6. The van der Waals surface area contributed by atoms with Gasteiger partial charge in [-0.2, -0.15) is 0 Å². The summed E-state index contributed by atoms with van der Waals surface area (Å²) in [5.41, 5.74) is 13.6. The van der Waals surface area contributed by atoms with Gasteiger partial charge in [-0.1, -0.05) is 194 Å². The molecule has 0 amide bonds. The molecule has 0 aliphatic heterocycles. The SMILES string of the molecule is c1ccc(N(c2cccc(-n3c4ccccc4c4ccccc43)c2)c2ccc3c(c2)c2ccc4c5cc6c7ccccc7c7ccccc7c6cc5oc4c2n3-c2nc(-c3ccc4ccccc4c3)cc(-c3cccc4ccccc34)n2)cc1. The minimum atomic E-state index is 0.547. The Bertz CT molecular complexity index is 5710. The van der Waals surface area contributed by atoms with Crippen molar-refractivity contribution in [3.63, 3.8) is 0 Å². The summed E-state index contributed by atoms with van der Waals surface area (Å²) in [4.78, 5) is 13.7. The van der Waals surface area contributed by atoms with E-state index in [0.717, 1.165) is 111 Å². The molecule has 390 valence electrons. The van der Waals surface area contributed by atoms with Crippen LogP contribution < -0.4 is 4.90 Å². The minimum absolute atomic E-state index is 0.547. The van der Waals surface area contributed by atoms with Gasteiger partial charge in [0, 0.05) is 66.2 Å². The zero-order valence-electron chi connectivity index (χ0n) is 45.3. The second-order valence-electron chi connectivity index (χ2n) is 22.1. The summed E-state index contributed by atoms with van der Waals surface area (Å²) < 4.78 is 12.0. The van der Waals surface area contributed by atoms with Gasteiger partial charge in [0.2, 0.25) is 5.95 Å². The number of aromatic nitrogens is 4. The average molecular weight is 1070 g/mol. The lowest BCUT2D eigenvalue weighted by Gasteiger charge is -2.26. The topological polar surface area (TPSA) is 52.0 Å². The molecule has 0 aliphatic rings. The van der Waals surface area contributed by atoms with E-state index in [9.17, 15) is 0 Å². The second kappa shape index (κ2) is 18.1. The van der Waals surface area contributed by atoms with Crippen molar-refractivity contribution in [2.75, 3.05) is 4.90 Å². The number of anilines is 3. The molecule has 6 nitrogen and oxygen atoms in total. The van der Waals surface area contributed by atoms with Crippen LogP contribution >= 0.6 is 0 Å². The van der Waals surface area contributed by atoms with Gasteiger partial charge in [0.1, 0.15) is 11.1 Å². The first-order chi connectivity index (χ1) is 41.6. The van der Waals surface area contributed by atoms with Gasteiger partial charge in [0.25, 0.3) is 0 Å². The Labute approximate surface area is 481 Å². The van der Waals surface area contributed by atoms with Crippen molar-refractivity contribution in [2.24, 2.45) is 0 Å². The molecule has 6 heteroatoms. The molecule has 4 aromatic heterocycles. The molecule has 0 saturated carbocycles. The van der Waals surface area contributed by atoms with E-state index in [1.54, 1.807) is 0 Å². The van der Waals surface area contributed by atoms with Gasteiger partial charge in [-0.3, -0.25) is 4.57 Å². The molecular weight excluding hydrogens is 1020 g/mol. The van der Waals surface area contributed by atoms with Crippen LogP contribution in [-0.4, -0.2) is 19.1 Å². The third-order valence-corrected chi connectivity index (χ3v) is 17.4. The van der Waals surface area contributed by atoms with Crippen LogP contribution in [0.5, 0.6) is 0 Å². The highest BCUT2D eigenvalue weighted by molar-refractivity contribution is 6.30. The van der Waals surface area contributed by atoms with Crippen LogP contribution in [0.25, 0.3) is 154 Å². The van der Waals surface area contributed by atoms with Crippen molar-refractivity contribution in [3.05, 3.63) is 285 Å². The van der Waals surface area contributed by atoms with E-state index in [2.05, 4.69) is 299 Å². The highest BCUT2D eigenvalue weighted by Gasteiger charge is 2.25. The first-order valence-electron chi connectivity index (χ1n) is 28.6. The number of hydrogen-bond donors (Lipinski definition) is 0. The number of para-hydroxylation sites is 3. The lowest BCUT2D eigenvalue weighted by atomic mass is 9.93. The molecular formula is C78H47N5O. The lowest BCUT2D eigenvalue weighted by Crippen LogP contribution is -2.10. The smallest absolute Gasteiger partial charge is 0.235 e. The Morgan fingerprint density at radius 3 is 1.63 bits per heavy atom. The molecule has 0 atom stereocenters. The number of nitrogens with zero attached hydrogens (tertiary/aromatic N) is 5. The second-order valence-corrected chi connectivity index (χ2v) is 22.1. The van der Waals surface area contributed by atoms with Crippen molar-refractivity contribution < 1.29 is 4.42 Å². The number of hydrogen-bond acceptors (Lipinski definition) is 4. The zero-order valence-corrected chi connectivity index (χ0v) is 45.3. The average Bonchev–Trinajstić information content (AvgIpc) is 2.65. The molecule has 0 aliphatic carbocycles. The molecule has 18 rings (SSSR count). The molecule has 14 aromatic carbocycles. The number of fused-ring (bicyclic) bond motifs is 18. The van der Waals surface area contributed by atoms with Crippen LogP contribution in [0.2, 0.25) is 0 Å². The fraction of sp³-hybridized carbons (Fsp3) is 0. The van der Waals surface area contributed by atoms with Crippen molar-refractivity contribution in [1.29, 1.82) is 0 Å². The van der Waals surface area contributed by atoms with E-state index < -0.39 is 0 Å². The standard InChI is InChI=1S/C78H47N5O/c1-2-22-52(23-3-1)81(53-24-17-25-54(43-53)82-72-34-14-12-31-62(72)63-32-13-15-35-73(63)82)55-38-41-74-68(44-55)64-39-40-65-69-45-66-59-29-10-8-27-57(59)58-28-9-11-30-60(58)67(66)46-75(69)84-77(65)76(64)83(74)78-79-70(51-37-36-48-18-4-5-20-50(48)42-51)47-71(80-78)61-33-16-21-49-19-6-7-26-56(49)61/h1-47H. The molecule has 84 heavy (non-hydrogen) atoms. The Hall–Kier alpha value is -11.3. The van der Waals surface area contributed by atoms with E-state index in [1.807, 2.05) is 0 Å². The molecule has 0 N–H and O–H groups in total. The summed E-state index contributed by atoms with van der Waals surface area (Å²) in [6, 6.07) is 103. The Morgan fingerprint density at radius 2 is 0.869 bits per heavy atom. The summed E-state index contributed by atoms with van der Waals surface area (Å²) in [5, 5.41) is 18.4. The molecule has 0 unspecified atom stereocenters. The fourth-order valence-electron chi connectivity index (χ4n) is 13.7. The van der Waals surface area contributed by atoms with Gasteiger partial charge in [0.15, 0.2) is 5.58 Å². The summed E-state index contributed by atoms with van der Waals surface area (Å²) in [5.74, 6) is 0.547. The highest BCUT2D eigenvalue weighted by Crippen LogP contribution is 2.47. The van der Waals surface area contributed by atoms with E-state index >= 15 is 0 Å². The summed E-state index contributed by atoms with van der Waals surface area (Å²) in [6.45, 7) is 0. The van der Waals surface area contributed by atoms with Crippen LogP contribution in [0.1, 0.15) is 0 Å². The van der Waals surface area contributed by atoms with Crippen LogP contribution in [-0.2, 0) is 0 Å². The third-order valence-electron chi connectivity index (χ3n) is 17.4. The fourth-order valence-corrected chi connectivity index (χ4v) is 13.7. The quantitative estimate of drug-likeness (QED) is 0.149. The molecule has 0 radical (unpaired) electrons. The maximum absolute atomic E-state index is 7.40. The maximum Gasteiger partial charge on any atom is 0.235 e. The molecule has 0 saturated heterocycles. The zero-order chi connectivity index (χ0) is 55.0. The number of furan rings is 1. The number of benzene rings is 14. The van der Waals surface area contributed by atoms with Crippen LogP contribution in [0.15, 0.2) is 290 Å². The van der Waals surface area contributed by atoms with Crippen LogP contribution in [0.4, 0.5) is 17.1 Å². The summed E-state index contributed by atoms with van der Waals surface area (Å²) >= 11 is 0. The lowest BCUT2D eigenvalue weighted by molar-refractivity contribution is 0.671. The van der Waals surface area contributed by atoms with Crippen molar-refractivity contribution in [2.45, 2.75) is 0 Å². The van der Waals surface area contributed by atoms with Gasteiger partial charge in [0.05, 0.1) is 27.9 Å². The van der Waals surface area contributed by atoms with Crippen LogP contribution in [0.3, 0.4) is 0 Å². The predicted molar refractivity (Wildman–Crippen MR) is 351 cm³/mol. The largest absolute Gasteiger partial charge is 0.454 e. The molecule has 0 fully saturated rings. The monoisotopic (exact) mass is 1070 g/mol. The van der Waals surface area contributed by atoms with Gasteiger partial charge >= 0.3 is 0 Å². The van der Waals surface area contributed by atoms with Gasteiger partial charge < -0.3 is 13.9 Å². The summed E-state index contributed by atoms with van der Waals surface area (Å²) in [7, 11) is 0. The Kier molecular flexibility index (Phi) is 9.99. The molecule has 0 spiro atoms. The maximum atomic E-state index is 7.40. The van der Waals surface area contributed by atoms with Gasteiger partial charge in [-0.15, -0.1) is 0 Å². The van der Waals surface area contributed by atoms with Crippen molar-refractivity contribution in [1.82, 2.24) is 19.1 Å². The van der Waals surface area contributed by atoms with E-state index in [4.69, 9.17) is 14.4 Å². The van der Waals surface area contributed by atoms with E-state index in [1.165, 1.54) is 54.1 Å². The van der Waals surface area contributed by atoms with Gasteiger partial charge in [-0.25, -0.2) is 9.97 Å². The molecule has 4 heterocycles. The third kappa shape index (κ3) is 6.98.